The largest absolute Gasteiger partial charge is 0.356 e. The maximum absolute atomic E-state index is 11.7. The lowest BCUT2D eigenvalue weighted by Gasteiger charge is -2.08. The first-order valence-corrected chi connectivity index (χ1v) is 6.66. The van der Waals surface area contributed by atoms with Crippen molar-refractivity contribution in [1.29, 1.82) is 0 Å². The molecule has 0 heterocycles. The fourth-order valence-electron chi connectivity index (χ4n) is 1.86. The van der Waals surface area contributed by atoms with E-state index in [-0.39, 0.29) is 18.2 Å². The van der Waals surface area contributed by atoms with Gasteiger partial charge in [0, 0.05) is 12.2 Å². The Morgan fingerprint density at radius 3 is 2.26 bits per heavy atom. The lowest BCUT2D eigenvalue weighted by atomic mass is 10.1. The summed E-state index contributed by atoms with van der Waals surface area (Å²) in [5, 5.41) is 5.47. The fourth-order valence-corrected chi connectivity index (χ4v) is 1.86. The van der Waals surface area contributed by atoms with E-state index in [0.717, 1.165) is 29.7 Å². The number of aryl methyl sites for hydroxylation is 2. The highest BCUT2D eigenvalue weighted by Crippen LogP contribution is 2.13. The number of hydrogen-bond donors (Lipinski definition) is 2. The Kier molecular flexibility index (Phi) is 6.06. The summed E-state index contributed by atoms with van der Waals surface area (Å²) in [7, 11) is 0. The number of hydrogen-bond acceptors (Lipinski definition) is 2. The van der Waals surface area contributed by atoms with Crippen LogP contribution in [0.5, 0.6) is 0 Å². The van der Waals surface area contributed by atoms with Gasteiger partial charge < -0.3 is 10.6 Å². The molecule has 0 radical (unpaired) electrons. The molecule has 1 rings (SSSR count). The molecule has 0 atom stereocenters. The first-order chi connectivity index (χ1) is 9.01. The van der Waals surface area contributed by atoms with Crippen LogP contribution in [0.2, 0.25) is 0 Å². The van der Waals surface area contributed by atoms with Crippen molar-refractivity contribution >= 4 is 17.5 Å². The van der Waals surface area contributed by atoms with Gasteiger partial charge in [0.15, 0.2) is 0 Å². The highest BCUT2D eigenvalue weighted by atomic mass is 16.2. The Labute approximate surface area is 114 Å². The molecule has 0 unspecified atom stereocenters. The predicted molar refractivity (Wildman–Crippen MR) is 77.1 cm³/mol. The number of nitrogens with one attached hydrogen (secondary N) is 2. The maximum atomic E-state index is 11.7. The van der Waals surface area contributed by atoms with E-state index >= 15 is 0 Å². The van der Waals surface area contributed by atoms with Crippen molar-refractivity contribution in [2.45, 2.75) is 40.0 Å². The van der Waals surface area contributed by atoms with Gasteiger partial charge in [-0.2, -0.15) is 0 Å². The summed E-state index contributed by atoms with van der Waals surface area (Å²) in [6.45, 7) is 6.63. The summed E-state index contributed by atoms with van der Waals surface area (Å²) in [5.41, 5.74) is 2.91. The number of benzene rings is 1. The Morgan fingerprint density at radius 1 is 1.05 bits per heavy atom. The molecule has 0 aliphatic carbocycles. The molecule has 2 amide bonds. The number of unbranched alkanes of at least 4 members (excludes halogenated alkanes) is 1. The third kappa shape index (κ3) is 6.04. The van der Waals surface area contributed by atoms with E-state index < -0.39 is 0 Å². The molecule has 1 aromatic carbocycles. The van der Waals surface area contributed by atoms with Crippen LogP contribution >= 0.6 is 0 Å². The number of rotatable bonds is 6. The molecule has 19 heavy (non-hydrogen) atoms. The summed E-state index contributed by atoms with van der Waals surface area (Å²) < 4.78 is 0. The molecule has 4 nitrogen and oxygen atoms in total. The minimum Gasteiger partial charge on any atom is -0.356 e. The second-order valence-electron chi connectivity index (χ2n) is 4.80. The van der Waals surface area contributed by atoms with Crippen LogP contribution in [0.1, 0.15) is 37.3 Å². The van der Waals surface area contributed by atoms with Gasteiger partial charge in [-0.15, -0.1) is 0 Å². The Balaban J connectivity index is 2.44. The van der Waals surface area contributed by atoms with Crippen LogP contribution < -0.4 is 10.6 Å². The Hall–Kier alpha value is -1.84. The molecular weight excluding hydrogens is 240 g/mol. The minimum absolute atomic E-state index is 0.128. The number of carbonyl (C=O) groups is 2. The van der Waals surface area contributed by atoms with Crippen LogP contribution in [0.25, 0.3) is 0 Å². The fraction of sp³-hybridized carbons (Fsp3) is 0.467. The zero-order valence-electron chi connectivity index (χ0n) is 11.9. The quantitative estimate of drug-likeness (QED) is 0.611. The van der Waals surface area contributed by atoms with Crippen LogP contribution in [0.4, 0.5) is 5.69 Å². The van der Waals surface area contributed by atoms with Gasteiger partial charge in [-0.05, 0) is 43.5 Å². The molecule has 0 saturated heterocycles. The molecule has 0 saturated carbocycles. The van der Waals surface area contributed by atoms with Crippen LogP contribution in [0.3, 0.4) is 0 Å². The standard InChI is InChI=1S/C15H22N2O2/c1-4-5-6-16-14(18)10-15(19)17-13-8-11(2)7-12(3)9-13/h7-9H,4-6,10H2,1-3H3,(H,16,18)(H,17,19). The number of anilines is 1. The lowest BCUT2D eigenvalue weighted by molar-refractivity contribution is -0.126. The third-order valence-corrected chi connectivity index (χ3v) is 2.68. The van der Waals surface area contributed by atoms with E-state index in [4.69, 9.17) is 0 Å². The van der Waals surface area contributed by atoms with Gasteiger partial charge in [0.25, 0.3) is 0 Å². The van der Waals surface area contributed by atoms with Gasteiger partial charge >= 0.3 is 0 Å². The average molecular weight is 262 g/mol. The van der Waals surface area contributed by atoms with Crippen molar-refractivity contribution in [3.05, 3.63) is 29.3 Å². The first-order valence-electron chi connectivity index (χ1n) is 6.66. The van der Waals surface area contributed by atoms with Crippen LogP contribution in [0.15, 0.2) is 18.2 Å². The highest BCUT2D eigenvalue weighted by molar-refractivity contribution is 6.03. The van der Waals surface area contributed by atoms with Crippen molar-refractivity contribution in [1.82, 2.24) is 5.32 Å². The summed E-state index contributed by atoms with van der Waals surface area (Å²) in [5.74, 6) is -0.505. The average Bonchev–Trinajstić information content (AvgIpc) is 2.27. The van der Waals surface area contributed by atoms with Crippen LogP contribution in [-0.2, 0) is 9.59 Å². The van der Waals surface area contributed by atoms with Crippen LogP contribution in [-0.4, -0.2) is 18.4 Å². The molecule has 0 aromatic heterocycles. The zero-order valence-corrected chi connectivity index (χ0v) is 11.9. The number of carbonyl (C=O) groups excluding carboxylic acids is 2. The summed E-state index contributed by atoms with van der Waals surface area (Å²) in [4.78, 5) is 23.2. The molecule has 0 fully saturated rings. The lowest BCUT2D eigenvalue weighted by Crippen LogP contribution is -2.28. The number of amides is 2. The summed E-state index contributed by atoms with van der Waals surface area (Å²) in [6.07, 6.45) is 1.83. The molecule has 0 spiro atoms. The topological polar surface area (TPSA) is 58.2 Å². The molecule has 104 valence electrons. The molecule has 4 heteroatoms. The van der Waals surface area contributed by atoms with Crippen LogP contribution in [0, 0.1) is 13.8 Å². The Morgan fingerprint density at radius 2 is 1.68 bits per heavy atom. The maximum Gasteiger partial charge on any atom is 0.233 e. The minimum atomic E-state index is -0.279. The van der Waals surface area contributed by atoms with Crippen molar-refractivity contribution < 1.29 is 9.59 Å². The third-order valence-electron chi connectivity index (χ3n) is 2.68. The smallest absolute Gasteiger partial charge is 0.233 e. The van der Waals surface area contributed by atoms with Crippen molar-refractivity contribution in [2.24, 2.45) is 0 Å². The van der Waals surface area contributed by atoms with Gasteiger partial charge in [-0.25, -0.2) is 0 Å². The Bertz CT molecular complexity index is 435. The van der Waals surface area contributed by atoms with E-state index in [9.17, 15) is 9.59 Å². The van der Waals surface area contributed by atoms with Gasteiger partial charge in [0.05, 0.1) is 0 Å². The second kappa shape index (κ2) is 7.56. The molecular formula is C15H22N2O2. The van der Waals surface area contributed by atoms with E-state index in [1.807, 2.05) is 32.0 Å². The molecule has 2 N–H and O–H groups in total. The monoisotopic (exact) mass is 262 g/mol. The summed E-state index contributed by atoms with van der Waals surface area (Å²) >= 11 is 0. The van der Waals surface area contributed by atoms with E-state index in [0.29, 0.717) is 6.54 Å². The van der Waals surface area contributed by atoms with E-state index in [1.165, 1.54) is 0 Å². The van der Waals surface area contributed by atoms with E-state index in [2.05, 4.69) is 17.6 Å². The van der Waals surface area contributed by atoms with Gasteiger partial charge in [0.1, 0.15) is 6.42 Å². The van der Waals surface area contributed by atoms with Gasteiger partial charge in [-0.1, -0.05) is 19.4 Å². The normalized spacial score (nSPS) is 10.1. The van der Waals surface area contributed by atoms with E-state index in [1.54, 1.807) is 0 Å². The summed E-state index contributed by atoms with van der Waals surface area (Å²) in [6, 6.07) is 5.81. The van der Waals surface area contributed by atoms with Gasteiger partial charge in [-0.3, -0.25) is 9.59 Å². The first kappa shape index (κ1) is 15.2. The van der Waals surface area contributed by atoms with Crippen molar-refractivity contribution in [3.63, 3.8) is 0 Å². The molecule has 0 aliphatic heterocycles. The SMILES string of the molecule is CCCCNC(=O)CC(=O)Nc1cc(C)cc(C)c1. The van der Waals surface area contributed by atoms with Crippen molar-refractivity contribution in [2.75, 3.05) is 11.9 Å². The molecule has 1 aromatic rings. The van der Waals surface area contributed by atoms with Gasteiger partial charge in [0.2, 0.25) is 11.8 Å². The highest BCUT2D eigenvalue weighted by Gasteiger charge is 2.09. The zero-order chi connectivity index (χ0) is 14.3. The molecule has 0 aliphatic rings. The second-order valence-corrected chi connectivity index (χ2v) is 4.80. The predicted octanol–water partition coefficient (Wildman–Crippen LogP) is 2.55. The molecule has 0 bridgehead atoms. The van der Waals surface area contributed by atoms with Crippen molar-refractivity contribution in [3.8, 4) is 0 Å².